The number of unbranched alkanes of at least 4 members (excludes halogenated alkanes) is 23. The van der Waals surface area contributed by atoms with E-state index >= 15 is 0 Å². The molecular formula is C40H78NO8P. The van der Waals surface area contributed by atoms with E-state index in [1.807, 2.05) is 0 Å². The normalized spacial score (nSPS) is 13.4. The molecule has 0 aromatic rings. The van der Waals surface area contributed by atoms with E-state index < -0.39 is 26.5 Å². The predicted octanol–water partition coefficient (Wildman–Crippen LogP) is 11.3. The minimum Gasteiger partial charge on any atom is -0.462 e. The summed E-state index contributed by atoms with van der Waals surface area (Å²) in [6.45, 7) is 4.21. The van der Waals surface area contributed by atoms with Crippen LogP contribution in [0.1, 0.15) is 194 Å². The molecule has 0 fully saturated rings. The number of phosphoric acid groups is 1. The number of allylic oxidation sites excluding steroid dienone is 2. The van der Waals surface area contributed by atoms with E-state index in [0.717, 1.165) is 51.4 Å². The molecule has 2 atom stereocenters. The van der Waals surface area contributed by atoms with Gasteiger partial charge in [0.05, 0.1) is 13.2 Å². The maximum absolute atomic E-state index is 12.6. The van der Waals surface area contributed by atoms with Gasteiger partial charge in [-0.1, -0.05) is 154 Å². The average Bonchev–Trinajstić information content (AvgIpc) is 3.09. The predicted molar refractivity (Wildman–Crippen MR) is 206 cm³/mol. The molecule has 0 saturated carbocycles. The van der Waals surface area contributed by atoms with Gasteiger partial charge in [-0.3, -0.25) is 18.6 Å². The van der Waals surface area contributed by atoms with E-state index in [-0.39, 0.29) is 32.0 Å². The Bertz CT molecular complexity index is 840. The number of nitrogens with one attached hydrogen (secondary N) is 1. The third-order valence-electron chi connectivity index (χ3n) is 8.89. The van der Waals surface area contributed by atoms with Gasteiger partial charge in [0, 0.05) is 19.4 Å². The van der Waals surface area contributed by atoms with Gasteiger partial charge in [0.25, 0.3) is 0 Å². The molecule has 296 valence electrons. The molecular weight excluding hydrogens is 653 g/mol. The highest BCUT2D eigenvalue weighted by molar-refractivity contribution is 7.47. The summed E-state index contributed by atoms with van der Waals surface area (Å²) in [7, 11) is -2.64. The summed E-state index contributed by atoms with van der Waals surface area (Å²) >= 11 is 0. The first kappa shape index (κ1) is 48.8. The second kappa shape index (κ2) is 37.5. The van der Waals surface area contributed by atoms with Crippen LogP contribution in [0, 0.1) is 0 Å². The highest BCUT2D eigenvalue weighted by atomic mass is 31.2. The van der Waals surface area contributed by atoms with Crippen molar-refractivity contribution in [3.8, 4) is 0 Å². The molecule has 10 heteroatoms. The van der Waals surface area contributed by atoms with Gasteiger partial charge >= 0.3 is 19.8 Å². The lowest BCUT2D eigenvalue weighted by atomic mass is 10.0. The zero-order valence-corrected chi connectivity index (χ0v) is 33.5. The Labute approximate surface area is 307 Å². The van der Waals surface area contributed by atoms with Crippen LogP contribution in [0.25, 0.3) is 0 Å². The number of phosphoric ester groups is 1. The van der Waals surface area contributed by atoms with E-state index in [1.54, 1.807) is 7.05 Å². The van der Waals surface area contributed by atoms with Crippen LogP contribution in [-0.4, -0.2) is 56.3 Å². The van der Waals surface area contributed by atoms with Crippen LogP contribution in [0.4, 0.5) is 0 Å². The molecule has 0 aliphatic rings. The van der Waals surface area contributed by atoms with E-state index in [2.05, 4.69) is 31.3 Å². The minimum atomic E-state index is -4.34. The fourth-order valence-corrected chi connectivity index (χ4v) is 6.48. The van der Waals surface area contributed by atoms with Crippen molar-refractivity contribution in [1.82, 2.24) is 5.32 Å². The number of rotatable bonds is 39. The number of hydrogen-bond donors (Lipinski definition) is 2. The van der Waals surface area contributed by atoms with Crippen molar-refractivity contribution in [1.29, 1.82) is 0 Å². The van der Waals surface area contributed by atoms with Gasteiger partial charge < -0.3 is 19.7 Å². The Balaban J connectivity index is 4.24. The van der Waals surface area contributed by atoms with Gasteiger partial charge in [0.15, 0.2) is 6.10 Å². The fourth-order valence-electron chi connectivity index (χ4n) is 5.72. The monoisotopic (exact) mass is 732 g/mol. The standard InChI is InChI=1S/C40H78NO8P/c1-4-6-8-10-12-14-16-18-19-21-23-25-27-29-31-33-40(43)49-38(37-48-50(44,45)47-35-34-41-3)36-46-39(42)32-30-28-26-24-22-20-17-15-13-11-9-7-5-2/h15,17,38,41H,4-14,16,18-37H2,1-3H3,(H,44,45)/b17-15-. The molecule has 0 bridgehead atoms. The Kier molecular flexibility index (Phi) is 36.6. The lowest BCUT2D eigenvalue weighted by molar-refractivity contribution is -0.161. The average molecular weight is 732 g/mol. The van der Waals surface area contributed by atoms with Crippen molar-refractivity contribution in [2.45, 2.75) is 200 Å². The van der Waals surface area contributed by atoms with Crippen molar-refractivity contribution in [3.63, 3.8) is 0 Å². The molecule has 2 N–H and O–H groups in total. The van der Waals surface area contributed by atoms with E-state index in [4.69, 9.17) is 18.5 Å². The lowest BCUT2D eigenvalue weighted by Gasteiger charge is -2.20. The van der Waals surface area contributed by atoms with Crippen LogP contribution < -0.4 is 5.32 Å². The smallest absolute Gasteiger partial charge is 0.462 e. The van der Waals surface area contributed by atoms with Crippen LogP contribution in [0.5, 0.6) is 0 Å². The molecule has 2 unspecified atom stereocenters. The second-order valence-electron chi connectivity index (χ2n) is 13.8. The zero-order valence-electron chi connectivity index (χ0n) is 32.6. The maximum atomic E-state index is 12.6. The van der Waals surface area contributed by atoms with Crippen LogP contribution in [0.2, 0.25) is 0 Å². The molecule has 0 aromatic heterocycles. The molecule has 0 amide bonds. The molecule has 0 radical (unpaired) electrons. The van der Waals surface area contributed by atoms with Crippen molar-refractivity contribution in [2.75, 3.05) is 33.4 Å². The van der Waals surface area contributed by atoms with Crippen LogP contribution in [-0.2, 0) is 32.7 Å². The Morgan fingerprint density at radius 3 is 1.50 bits per heavy atom. The molecule has 0 aliphatic heterocycles. The van der Waals surface area contributed by atoms with E-state index in [9.17, 15) is 19.0 Å². The van der Waals surface area contributed by atoms with Crippen molar-refractivity contribution >= 4 is 19.8 Å². The minimum absolute atomic E-state index is 0.0151. The number of esters is 2. The molecule has 0 saturated heterocycles. The van der Waals surface area contributed by atoms with Gasteiger partial charge in [-0.25, -0.2) is 4.57 Å². The molecule has 9 nitrogen and oxygen atoms in total. The Hall–Kier alpha value is -1.25. The van der Waals surface area contributed by atoms with Crippen LogP contribution in [0.3, 0.4) is 0 Å². The van der Waals surface area contributed by atoms with E-state index in [0.29, 0.717) is 13.0 Å². The van der Waals surface area contributed by atoms with Crippen LogP contribution >= 0.6 is 7.82 Å². The highest BCUT2D eigenvalue weighted by Crippen LogP contribution is 2.43. The maximum Gasteiger partial charge on any atom is 0.472 e. The second-order valence-corrected chi connectivity index (χ2v) is 15.3. The summed E-state index contributed by atoms with van der Waals surface area (Å²) in [5.41, 5.74) is 0. The quantitative estimate of drug-likeness (QED) is 0.0275. The summed E-state index contributed by atoms with van der Waals surface area (Å²) in [5.74, 6) is -0.809. The van der Waals surface area contributed by atoms with Gasteiger partial charge in [-0.15, -0.1) is 0 Å². The van der Waals surface area contributed by atoms with E-state index in [1.165, 1.54) is 109 Å². The molecule has 50 heavy (non-hydrogen) atoms. The lowest BCUT2D eigenvalue weighted by Crippen LogP contribution is -2.29. The number of carbonyl (C=O) groups is 2. The van der Waals surface area contributed by atoms with Crippen molar-refractivity contribution in [3.05, 3.63) is 12.2 Å². The third-order valence-corrected chi connectivity index (χ3v) is 9.87. The Morgan fingerprint density at radius 2 is 1.02 bits per heavy atom. The van der Waals surface area contributed by atoms with Crippen LogP contribution in [0.15, 0.2) is 12.2 Å². The fraction of sp³-hybridized carbons (Fsp3) is 0.900. The zero-order chi connectivity index (χ0) is 36.8. The molecule has 0 aromatic carbocycles. The highest BCUT2D eigenvalue weighted by Gasteiger charge is 2.26. The summed E-state index contributed by atoms with van der Waals surface area (Å²) in [5, 5.41) is 2.82. The number of ether oxygens (including phenoxy) is 2. The molecule has 0 rings (SSSR count). The largest absolute Gasteiger partial charge is 0.472 e. The first-order valence-corrected chi connectivity index (χ1v) is 22.1. The number of hydrogen-bond acceptors (Lipinski definition) is 8. The molecule has 0 heterocycles. The van der Waals surface area contributed by atoms with Gasteiger partial charge in [0.2, 0.25) is 0 Å². The summed E-state index contributed by atoms with van der Waals surface area (Å²) in [6.07, 6.45) is 35.3. The van der Waals surface area contributed by atoms with Gasteiger partial charge in [0.1, 0.15) is 6.61 Å². The van der Waals surface area contributed by atoms with Gasteiger partial charge in [-0.05, 0) is 45.6 Å². The number of carbonyl (C=O) groups excluding carboxylic acids is 2. The molecule has 0 spiro atoms. The third kappa shape index (κ3) is 36.5. The molecule has 0 aliphatic carbocycles. The number of likely N-dealkylation sites (N-methyl/N-ethyl adjacent to an activating group) is 1. The summed E-state index contributed by atoms with van der Waals surface area (Å²) in [4.78, 5) is 34.9. The van der Waals surface area contributed by atoms with Crippen molar-refractivity contribution in [2.24, 2.45) is 0 Å². The first-order chi connectivity index (χ1) is 24.3. The van der Waals surface area contributed by atoms with Crippen molar-refractivity contribution < 1.29 is 37.6 Å². The summed E-state index contributed by atoms with van der Waals surface area (Å²) in [6, 6.07) is 0. The first-order valence-electron chi connectivity index (χ1n) is 20.6. The SMILES string of the molecule is CCCCCC/C=C\CCCCCCCC(=O)OCC(COP(=O)(O)OCCNC)OC(=O)CCCCCCCCCCCCCCCCC. The summed E-state index contributed by atoms with van der Waals surface area (Å²) < 4.78 is 33.1. The van der Waals surface area contributed by atoms with Gasteiger partial charge in [-0.2, -0.15) is 0 Å². The topological polar surface area (TPSA) is 120 Å². The Morgan fingerprint density at radius 1 is 0.600 bits per heavy atom.